The van der Waals surface area contributed by atoms with Crippen LogP contribution in [0.2, 0.25) is 0 Å². The second-order valence-electron chi connectivity index (χ2n) is 7.14. The van der Waals surface area contributed by atoms with Crippen molar-refractivity contribution >= 4 is 61.4 Å². The Hall–Kier alpha value is -3.33. The number of sulfonamides is 1. The Labute approximate surface area is 192 Å². The molecule has 0 saturated heterocycles. The number of thiophene rings is 1. The third-order valence-corrected chi connectivity index (χ3v) is 7.98. The Morgan fingerprint density at radius 1 is 1.06 bits per heavy atom. The second kappa shape index (κ2) is 8.31. The summed E-state index contributed by atoms with van der Waals surface area (Å²) >= 11 is 2.07. The molecule has 8 nitrogen and oxygen atoms in total. The Morgan fingerprint density at radius 3 is 2.56 bits per heavy atom. The summed E-state index contributed by atoms with van der Waals surface area (Å²) in [6.07, 6.45) is 0. The van der Waals surface area contributed by atoms with E-state index in [9.17, 15) is 18.5 Å². The van der Waals surface area contributed by atoms with Gasteiger partial charge in [-0.15, -0.1) is 11.3 Å². The zero-order chi connectivity index (χ0) is 23.0. The van der Waals surface area contributed by atoms with Crippen molar-refractivity contribution in [2.75, 3.05) is 10.0 Å². The summed E-state index contributed by atoms with van der Waals surface area (Å²) in [6.45, 7) is 5.41. The minimum atomic E-state index is -4.03. The molecule has 0 radical (unpaired) electrons. The highest BCUT2D eigenvalue weighted by Gasteiger charge is 2.25. The summed E-state index contributed by atoms with van der Waals surface area (Å²) in [4.78, 5) is 13.0. The molecule has 4 rings (SSSR count). The minimum absolute atomic E-state index is 0.0479. The van der Waals surface area contributed by atoms with Crippen molar-refractivity contribution in [2.24, 2.45) is 0 Å². The lowest BCUT2D eigenvalue weighted by atomic mass is 9.98. The predicted octanol–water partition coefficient (Wildman–Crippen LogP) is 4.60. The Balaban J connectivity index is 1.64. The van der Waals surface area contributed by atoms with Crippen molar-refractivity contribution in [2.45, 2.75) is 25.7 Å². The fraction of sp³-hybridized carbons (Fsp3) is 0.143. The number of benzene rings is 2. The highest BCUT2D eigenvalue weighted by Crippen LogP contribution is 2.30. The molecule has 1 amide bonds. The number of nitriles is 1. The second-order valence-corrected chi connectivity index (χ2v) is 10.2. The van der Waals surface area contributed by atoms with Crippen LogP contribution in [0.15, 0.2) is 40.6 Å². The molecule has 11 heteroatoms. The molecule has 4 aromatic rings. The quantitative estimate of drug-likeness (QED) is 0.427. The van der Waals surface area contributed by atoms with Gasteiger partial charge in [0.2, 0.25) is 0 Å². The van der Waals surface area contributed by atoms with E-state index >= 15 is 0 Å². The number of nitrogens with zero attached hydrogens (tertiary/aromatic N) is 3. The summed E-state index contributed by atoms with van der Waals surface area (Å²) in [5.41, 5.74) is 4.82. The van der Waals surface area contributed by atoms with E-state index in [0.29, 0.717) is 33.5 Å². The smallest absolute Gasteiger partial charge is 0.267 e. The highest BCUT2D eigenvalue weighted by atomic mass is 32.2. The molecule has 162 valence electrons. The number of fused-ring (bicyclic) bond motifs is 1. The van der Waals surface area contributed by atoms with Gasteiger partial charge in [0.05, 0.1) is 29.0 Å². The maximum atomic E-state index is 13.0. The van der Waals surface area contributed by atoms with Crippen LogP contribution in [-0.4, -0.2) is 23.1 Å². The molecule has 0 atom stereocenters. The number of hydrogen-bond donors (Lipinski definition) is 2. The molecular formula is C21H17N5O3S3. The van der Waals surface area contributed by atoms with E-state index in [1.165, 1.54) is 6.07 Å². The van der Waals surface area contributed by atoms with Gasteiger partial charge in [0, 0.05) is 5.69 Å². The maximum Gasteiger partial charge on any atom is 0.267 e. The van der Waals surface area contributed by atoms with Gasteiger partial charge in [0.15, 0.2) is 0 Å². The largest absolute Gasteiger partial charge is 0.321 e. The number of rotatable bonds is 5. The van der Waals surface area contributed by atoms with Crippen molar-refractivity contribution in [1.29, 1.82) is 5.26 Å². The van der Waals surface area contributed by atoms with E-state index < -0.39 is 15.9 Å². The number of carbonyl (C=O) groups is 1. The summed E-state index contributed by atoms with van der Waals surface area (Å²) in [5.74, 6) is -0.557. The maximum absolute atomic E-state index is 13.0. The number of amides is 1. The number of carbonyl (C=O) groups excluding carboxylic acids is 1. The van der Waals surface area contributed by atoms with Crippen LogP contribution in [0.5, 0.6) is 0 Å². The average Bonchev–Trinajstić information content (AvgIpc) is 3.40. The van der Waals surface area contributed by atoms with Crippen molar-refractivity contribution in [3.8, 4) is 6.07 Å². The predicted molar refractivity (Wildman–Crippen MR) is 126 cm³/mol. The molecule has 0 saturated carbocycles. The van der Waals surface area contributed by atoms with Gasteiger partial charge < -0.3 is 5.32 Å². The lowest BCUT2D eigenvalue weighted by Crippen LogP contribution is -2.19. The van der Waals surface area contributed by atoms with Gasteiger partial charge in [0.25, 0.3) is 15.9 Å². The van der Waals surface area contributed by atoms with E-state index in [0.717, 1.165) is 34.2 Å². The molecule has 0 aliphatic rings. The first-order chi connectivity index (χ1) is 15.2. The van der Waals surface area contributed by atoms with E-state index in [1.54, 1.807) is 30.5 Å². The fourth-order valence-corrected chi connectivity index (χ4v) is 6.34. The number of aromatic nitrogens is 2. The first-order valence-corrected chi connectivity index (χ1v) is 12.5. The van der Waals surface area contributed by atoms with Crippen molar-refractivity contribution in [1.82, 2.24) is 8.75 Å². The Bertz CT molecular complexity index is 1510. The van der Waals surface area contributed by atoms with E-state index in [-0.39, 0.29) is 9.77 Å². The highest BCUT2D eigenvalue weighted by molar-refractivity contribution is 7.93. The van der Waals surface area contributed by atoms with Crippen LogP contribution in [0, 0.1) is 32.1 Å². The standard InChI is InChI=1S/C21H17N5O3S3/c1-11-8-12(2)19(13(3)15(11)10-22)23-21(27)20-18(6-7-30-20)32(28,29)26-14-4-5-16-17(9-14)25-31-24-16/h4-9,26H,1-3H3,(H,23,27). The molecule has 0 spiro atoms. The zero-order valence-corrected chi connectivity index (χ0v) is 19.7. The van der Waals surface area contributed by atoms with Gasteiger partial charge in [0.1, 0.15) is 20.8 Å². The van der Waals surface area contributed by atoms with Crippen LogP contribution in [0.4, 0.5) is 11.4 Å². The van der Waals surface area contributed by atoms with Gasteiger partial charge in [-0.2, -0.15) is 14.0 Å². The molecule has 0 fully saturated rings. The van der Waals surface area contributed by atoms with E-state index in [1.807, 2.05) is 19.9 Å². The van der Waals surface area contributed by atoms with Gasteiger partial charge in [-0.3, -0.25) is 9.52 Å². The van der Waals surface area contributed by atoms with Gasteiger partial charge in [-0.1, -0.05) is 6.07 Å². The molecule has 2 aromatic heterocycles. The van der Waals surface area contributed by atoms with Crippen LogP contribution >= 0.6 is 23.1 Å². The van der Waals surface area contributed by atoms with Crippen molar-refractivity contribution in [3.63, 3.8) is 0 Å². The molecule has 2 heterocycles. The van der Waals surface area contributed by atoms with Crippen LogP contribution in [0.3, 0.4) is 0 Å². The monoisotopic (exact) mass is 483 g/mol. The lowest BCUT2D eigenvalue weighted by Gasteiger charge is -2.15. The Morgan fingerprint density at radius 2 is 1.81 bits per heavy atom. The Kier molecular flexibility index (Phi) is 5.68. The number of aryl methyl sites for hydroxylation is 2. The molecule has 0 bridgehead atoms. The molecule has 0 unspecified atom stereocenters. The van der Waals surface area contributed by atoms with Crippen LogP contribution in [0.1, 0.15) is 31.9 Å². The normalized spacial score (nSPS) is 11.3. The fourth-order valence-electron chi connectivity index (χ4n) is 3.45. The van der Waals surface area contributed by atoms with Gasteiger partial charge in [-0.05, 0) is 67.1 Å². The van der Waals surface area contributed by atoms with E-state index in [4.69, 9.17) is 0 Å². The van der Waals surface area contributed by atoms with Crippen molar-refractivity contribution < 1.29 is 13.2 Å². The minimum Gasteiger partial charge on any atom is -0.321 e. The SMILES string of the molecule is Cc1cc(C)c(NC(=O)c2sccc2S(=O)(=O)Nc2ccc3nsnc3c2)c(C)c1C#N. The van der Waals surface area contributed by atoms with Gasteiger partial charge >= 0.3 is 0 Å². The molecule has 2 N–H and O–H groups in total. The molecule has 0 aliphatic carbocycles. The third-order valence-electron chi connectivity index (χ3n) is 4.95. The molecule has 0 aliphatic heterocycles. The summed E-state index contributed by atoms with van der Waals surface area (Å²) in [7, 11) is -4.03. The topological polar surface area (TPSA) is 125 Å². The number of anilines is 2. The van der Waals surface area contributed by atoms with E-state index in [2.05, 4.69) is 24.9 Å². The first-order valence-electron chi connectivity index (χ1n) is 9.36. The van der Waals surface area contributed by atoms with Crippen molar-refractivity contribution in [3.05, 3.63) is 62.8 Å². The summed E-state index contributed by atoms with van der Waals surface area (Å²) in [6, 6.07) is 10.2. The number of hydrogen-bond acceptors (Lipinski definition) is 8. The first kappa shape index (κ1) is 21.9. The lowest BCUT2D eigenvalue weighted by molar-refractivity contribution is 0.102. The number of nitrogens with one attached hydrogen (secondary N) is 2. The summed E-state index contributed by atoms with van der Waals surface area (Å²) < 4.78 is 36.8. The third kappa shape index (κ3) is 3.95. The molecule has 2 aromatic carbocycles. The zero-order valence-electron chi connectivity index (χ0n) is 17.3. The van der Waals surface area contributed by atoms with Crippen LogP contribution in [-0.2, 0) is 10.0 Å². The molecular weight excluding hydrogens is 466 g/mol. The van der Waals surface area contributed by atoms with Crippen LogP contribution in [0.25, 0.3) is 11.0 Å². The van der Waals surface area contributed by atoms with Crippen LogP contribution < -0.4 is 10.0 Å². The van der Waals surface area contributed by atoms with Gasteiger partial charge in [-0.25, -0.2) is 8.42 Å². The summed E-state index contributed by atoms with van der Waals surface area (Å²) in [5, 5.41) is 13.8. The molecule has 32 heavy (non-hydrogen) atoms. The average molecular weight is 484 g/mol.